The summed E-state index contributed by atoms with van der Waals surface area (Å²) in [5.74, 6) is 1.77. The molecule has 0 bridgehead atoms. The molecule has 17 heavy (non-hydrogen) atoms. The van der Waals surface area contributed by atoms with Crippen LogP contribution in [0.5, 0.6) is 0 Å². The van der Waals surface area contributed by atoms with Crippen molar-refractivity contribution in [2.75, 3.05) is 31.1 Å². The van der Waals surface area contributed by atoms with Gasteiger partial charge in [0, 0.05) is 25.7 Å². The smallest absolute Gasteiger partial charge is 0.151 e. The number of aromatic nitrogens is 2. The standard InChI is InChI=1S/C12H17ClN4/c1-2-16-7-9-5-6-17(10(9)8-16)12-4-3-11(13)14-15-12/h3-4,9-10H,2,5-8H2,1H3. The molecule has 2 saturated heterocycles. The fourth-order valence-corrected chi connectivity index (χ4v) is 3.15. The summed E-state index contributed by atoms with van der Waals surface area (Å²) in [4.78, 5) is 4.91. The topological polar surface area (TPSA) is 32.3 Å². The lowest BCUT2D eigenvalue weighted by molar-refractivity contribution is 0.334. The van der Waals surface area contributed by atoms with Gasteiger partial charge in [-0.1, -0.05) is 18.5 Å². The Morgan fingerprint density at radius 2 is 2.24 bits per heavy atom. The van der Waals surface area contributed by atoms with Gasteiger partial charge in [0.15, 0.2) is 11.0 Å². The van der Waals surface area contributed by atoms with Crippen molar-refractivity contribution >= 4 is 17.4 Å². The van der Waals surface area contributed by atoms with Crippen molar-refractivity contribution in [3.05, 3.63) is 17.3 Å². The zero-order valence-electron chi connectivity index (χ0n) is 10.0. The van der Waals surface area contributed by atoms with E-state index in [-0.39, 0.29) is 0 Å². The van der Waals surface area contributed by atoms with E-state index in [1.54, 1.807) is 0 Å². The summed E-state index contributed by atoms with van der Waals surface area (Å²) in [6, 6.07) is 4.42. The van der Waals surface area contributed by atoms with Crippen LogP contribution in [0.3, 0.4) is 0 Å². The summed E-state index contributed by atoms with van der Waals surface area (Å²) in [5, 5.41) is 8.60. The first-order valence-corrected chi connectivity index (χ1v) is 6.64. The minimum absolute atomic E-state index is 0.464. The van der Waals surface area contributed by atoms with E-state index in [4.69, 9.17) is 11.6 Å². The number of fused-ring (bicyclic) bond motifs is 1. The molecule has 0 aromatic carbocycles. The minimum Gasteiger partial charge on any atom is -0.351 e. The van der Waals surface area contributed by atoms with Crippen LogP contribution in [0.25, 0.3) is 0 Å². The van der Waals surface area contributed by atoms with E-state index in [2.05, 4.69) is 26.9 Å². The van der Waals surface area contributed by atoms with Crippen molar-refractivity contribution in [2.24, 2.45) is 5.92 Å². The van der Waals surface area contributed by atoms with Crippen LogP contribution in [0.15, 0.2) is 12.1 Å². The number of rotatable bonds is 2. The Morgan fingerprint density at radius 1 is 1.35 bits per heavy atom. The average Bonchev–Trinajstić information content (AvgIpc) is 2.89. The van der Waals surface area contributed by atoms with E-state index in [1.807, 2.05) is 12.1 Å². The SMILES string of the molecule is CCN1CC2CCN(c3ccc(Cl)nn3)C2C1. The summed E-state index contributed by atoms with van der Waals surface area (Å²) < 4.78 is 0. The largest absolute Gasteiger partial charge is 0.351 e. The van der Waals surface area contributed by atoms with Gasteiger partial charge in [-0.2, -0.15) is 0 Å². The van der Waals surface area contributed by atoms with Crippen LogP contribution in [-0.2, 0) is 0 Å². The van der Waals surface area contributed by atoms with Crippen molar-refractivity contribution in [1.82, 2.24) is 15.1 Å². The molecule has 0 radical (unpaired) electrons. The molecule has 4 nitrogen and oxygen atoms in total. The summed E-state index contributed by atoms with van der Waals surface area (Å²) in [7, 11) is 0. The highest BCUT2D eigenvalue weighted by atomic mass is 35.5. The summed E-state index contributed by atoms with van der Waals surface area (Å²) in [5.41, 5.74) is 0. The van der Waals surface area contributed by atoms with Gasteiger partial charge in [-0.05, 0) is 31.0 Å². The Hall–Kier alpha value is -0.870. The predicted octanol–water partition coefficient (Wildman–Crippen LogP) is 1.66. The van der Waals surface area contributed by atoms with Crippen LogP contribution in [-0.4, -0.2) is 47.3 Å². The highest BCUT2D eigenvalue weighted by Gasteiger charge is 2.41. The maximum absolute atomic E-state index is 5.77. The molecule has 0 N–H and O–H groups in total. The third-order valence-electron chi connectivity index (χ3n) is 3.98. The zero-order chi connectivity index (χ0) is 11.8. The lowest BCUT2D eigenvalue weighted by atomic mass is 10.1. The van der Waals surface area contributed by atoms with Gasteiger partial charge in [0.05, 0.1) is 0 Å². The zero-order valence-corrected chi connectivity index (χ0v) is 10.8. The molecule has 1 aromatic rings. The summed E-state index contributed by atoms with van der Waals surface area (Å²) in [6.07, 6.45) is 1.27. The summed E-state index contributed by atoms with van der Waals surface area (Å²) in [6.45, 7) is 6.87. The van der Waals surface area contributed by atoms with E-state index >= 15 is 0 Å². The monoisotopic (exact) mass is 252 g/mol. The van der Waals surface area contributed by atoms with Crippen LogP contribution in [0.4, 0.5) is 5.82 Å². The van der Waals surface area contributed by atoms with Gasteiger partial charge in [-0.15, -0.1) is 10.2 Å². The second-order valence-electron chi connectivity index (χ2n) is 4.88. The van der Waals surface area contributed by atoms with E-state index in [9.17, 15) is 0 Å². The molecule has 0 spiro atoms. The van der Waals surface area contributed by atoms with Crippen molar-refractivity contribution < 1.29 is 0 Å². The average molecular weight is 253 g/mol. The van der Waals surface area contributed by atoms with Crippen LogP contribution in [0.1, 0.15) is 13.3 Å². The van der Waals surface area contributed by atoms with Crippen molar-refractivity contribution in [2.45, 2.75) is 19.4 Å². The molecule has 2 aliphatic heterocycles. The number of likely N-dealkylation sites (N-methyl/N-ethyl adjacent to an activating group) is 1. The maximum Gasteiger partial charge on any atom is 0.151 e. The molecular formula is C12H17ClN4. The quantitative estimate of drug-likeness (QED) is 0.802. The molecular weight excluding hydrogens is 236 g/mol. The molecule has 0 amide bonds. The Morgan fingerprint density at radius 3 is 2.94 bits per heavy atom. The lowest BCUT2D eigenvalue weighted by Crippen LogP contribution is -2.35. The van der Waals surface area contributed by atoms with E-state index in [1.165, 1.54) is 13.0 Å². The highest BCUT2D eigenvalue weighted by molar-refractivity contribution is 6.29. The minimum atomic E-state index is 0.464. The fraction of sp³-hybridized carbons (Fsp3) is 0.667. The molecule has 2 unspecified atom stereocenters. The molecule has 0 saturated carbocycles. The third-order valence-corrected chi connectivity index (χ3v) is 4.18. The van der Waals surface area contributed by atoms with Crippen LogP contribution in [0, 0.1) is 5.92 Å². The normalized spacial score (nSPS) is 28.7. The number of likely N-dealkylation sites (tertiary alicyclic amines) is 1. The van der Waals surface area contributed by atoms with Gasteiger partial charge >= 0.3 is 0 Å². The Kier molecular flexibility index (Phi) is 2.92. The number of nitrogens with zero attached hydrogens (tertiary/aromatic N) is 4. The van der Waals surface area contributed by atoms with E-state index in [0.29, 0.717) is 11.2 Å². The molecule has 5 heteroatoms. The van der Waals surface area contributed by atoms with Crippen molar-refractivity contribution in [1.29, 1.82) is 0 Å². The van der Waals surface area contributed by atoms with Crippen LogP contribution >= 0.6 is 11.6 Å². The first-order valence-electron chi connectivity index (χ1n) is 6.26. The lowest BCUT2D eigenvalue weighted by Gasteiger charge is -2.25. The fourth-order valence-electron chi connectivity index (χ4n) is 3.05. The van der Waals surface area contributed by atoms with Crippen molar-refractivity contribution in [3.63, 3.8) is 0 Å². The molecule has 2 aliphatic rings. The molecule has 3 rings (SSSR count). The second kappa shape index (κ2) is 4.42. The van der Waals surface area contributed by atoms with Crippen LogP contribution < -0.4 is 4.90 Å². The molecule has 0 aliphatic carbocycles. The summed E-state index contributed by atoms with van der Waals surface area (Å²) >= 11 is 5.77. The Balaban J connectivity index is 1.79. The van der Waals surface area contributed by atoms with Gasteiger partial charge in [0.2, 0.25) is 0 Å². The van der Waals surface area contributed by atoms with E-state index < -0.39 is 0 Å². The van der Waals surface area contributed by atoms with Gasteiger partial charge in [0.1, 0.15) is 0 Å². The van der Waals surface area contributed by atoms with Gasteiger partial charge < -0.3 is 9.80 Å². The van der Waals surface area contributed by atoms with Crippen LogP contribution in [0.2, 0.25) is 5.15 Å². The number of hydrogen-bond donors (Lipinski definition) is 0. The number of anilines is 1. The Labute approximate surface area is 107 Å². The highest BCUT2D eigenvalue weighted by Crippen LogP contribution is 2.33. The molecule has 3 heterocycles. The molecule has 92 valence electrons. The first-order chi connectivity index (χ1) is 8.28. The number of halogens is 1. The molecule has 1 aromatic heterocycles. The third kappa shape index (κ3) is 2.00. The predicted molar refractivity (Wildman–Crippen MR) is 68.4 cm³/mol. The second-order valence-corrected chi connectivity index (χ2v) is 5.26. The van der Waals surface area contributed by atoms with Crippen molar-refractivity contribution in [3.8, 4) is 0 Å². The molecule has 2 atom stereocenters. The van der Waals surface area contributed by atoms with E-state index in [0.717, 1.165) is 31.4 Å². The first kappa shape index (κ1) is 11.2. The molecule has 2 fully saturated rings. The van der Waals surface area contributed by atoms with Gasteiger partial charge in [-0.3, -0.25) is 0 Å². The Bertz CT molecular complexity index is 394. The maximum atomic E-state index is 5.77. The van der Waals surface area contributed by atoms with Gasteiger partial charge in [-0.25, -0.2) is 0 Å². The number of hydrogen-bond acceptors (Lipinski definition) is 4. The van der Waals surface area contributed by atoms with Gasteiger partial charge in [0.25, 0.3) is 0 Å².